The zero-order chi connectivity index (χ0) is 17.4. The predicted octanol–water partition coefficient (Wildman–Crippen LogP) is 1.89. The van der Waals surface area contributed by atoms with E-state index in [9.17, 15) is 9.90 Å². The molecule has 0 bridgehead atoms. The summed E-state index contributed by atoms with van der Waals surface area (Å²) in [5, 5.41) is 12.3. The van der Waals surface area contributed by atoms with E-state index in [1.54, 1.807) is 12.4 Å². The van der Waals surface area contributed by atoms with E-state index >= 15 is 0 Å². The van der Waals surface area contributed by atoms with Gasteiger partial charge in [-0.05, 0) is 36.6 Å². The van der Waals surface area contributed by atoms with Crippen molar-refractivity contribution in [1.82, 2.24) is 15.2 Å². The molecular weight excluding hydrogens is 302 g/mol. The van der Waals surface area contributed by atoms with Crippen LogP contribution in [0, 0.1) is 6.92 Å². The maximum atomic E-state index is 12.5. The summed E-state index contributed by atoms with van der Waals surface area (Å²) in [4.78, 5) is 18.5. The molecule has 0 saturated carbocycles. The smallest absolute Gasteiger partial charge is 0.237 e. The van der Waals surface area contributed by atoms with Crippen LogP contribution in [0.2, 0.25) is 0 Å². The Kier molecular flexibility index (Phi) is 6.90. The number of carbonyl (C=O) groups is 1. The lowest BCUT2D eigenvalue weighted by Gasteiger charge is -2.27. The first kappa shape index (κ1) is 18.1. The molecular formula is C19H25N3O2. The Hall–Kier alpha value is -2.24. The van der Waals surface area contributed by atoms with E-state index in [0.717, 1.165) is 16.7 Å². The molecule has 0 aliphatic carbocycles. The van der Waals surface area contributed by atoms with E-state index in [1.165, 1.54) is 0 Å². The average molecular weight is 327 g/mol. The molecule has 0 fully saturated rings. The molecule has 1 unspecified atom stereocenters. The van der Waals surface area contributed by atoms with Crippen molar-refractivity contribution in [3.05, 3.63) is 65.5 Å². The Morgan fingerprint density at radius 2 is 2.08 bits per heavy atom. The summed E-state index contributed by atoms with van der Waals surface area (Å²) < 4.78 is 0. The summed E-state index contributed by atoms with van der Waals surface area (Å²) >= 11 is 0. The number of nitrogens with zero attached hydrogens (tertiary/aromatic N) is 2. The summed E-state index contributed by atoms with van der Waals surface area (Å²) in [5.41, 5.74) is 3.29. The second-order valence-electron chi connectivity index (χ2n) is 5.88. The number of benzene rings is 1. The second-order valence-corrected chi connectivity index (χ2v) is 5.88. The molecule has 0 radical (unpaired) electrons. The largest absolute Gasteiger partial charge is 0.395 e. The molecule has 128 valence electrons. The van der Waals surface area contributed by atoms with E-state index in [-0.39, 0.29) is 18.6 Å². The van der Waals surface area contributed by atoms with Gasteiger partial charge in [0, 0.05) is 32.0 Å². The number of aliphatic hydroxyl groups is 1. The van der Waals surface area contributed by atoms with Crippen molar-refractivity contribution in [1.29, 1.82) is 0 Å². The SMILES string of the molecule is Cc1ccccc1CNC(=O)C(C)N(CCO)Cc1cccnc1. The highest BCUT2D eigenvalue weighted by atomic mass is 16.3. The van der Waals surface area contributed by atoms with Crippen molar-refractivity contribution in [2.24, 2.45) is 0 Å². The maximum Gasteiger partial charge on any atom is 0.237 e. The third-order valence-corrected chi connectivity index (χ3v) is 4.14. The van der Waals surface area contributed by atoms with Gasteiger partial charge in [-0.25, -0.2) is 0 Å². The summed E-state index contributed by atoms with van der Waals surface area (Å²) in [7, 11) is 0. The molecule has 24 heavy (non-hydrogen) atoms. The third kappa shape index (κ3) is 5.15. The maximum absolute atomic E-state index is 12.5. The van der Waals surface area contributed by atoms with E-state index in [4.69, 9.17) is 0 Å². The summed E-state index contributed by atoms with van der Waals surface area (Å²) in [6, 6.07) is 11.5. The first-order valence-corrected chi connectivity index (χ1v) is 8.18. The molecule has 1 atom stereocenters. The molecule has 1 heterocycles. The van der Waals surface area contributed by atoms with Crippen molar-refractivity contribution in [2.75, 3.05) is 13.2 Å². The van der Waals surface area contributed by atoms with Crippen molar-refractivity contribution in [3.63, 3.8) is 0 Å². The lowest BCUT2D eigenvalue weighted by atomic mass is 10.1. The number of pyridine rings is 1. The van der Waals surface area contributed by atoms with Gasteiger partial charge in [0.2, 0.25) is 5.91 Å². The van der Waals surface area contributed by atoms with Crippen LogP contribution in [0.4, 0.5) is 0 Å². The minimum Gasteiger partial charge on any atom is -0.395 e. The number of aromatic nitrogens is 1. The molecule has 0 saturated heterocycles. The third-order valence-electron chi connectivity index (χ3n) is 4.14. The topological polar surface area (TPSA) is 65.5 Å². The van der Waals surface area contributed by atoms with Gasteiger partial charge >= 0.3 is 0 Å². The number of amides is 1. The normalized spacial score (nSPS) is 12.2. The molecule has 5 nitrogen and oxygen atoms in total. The number of rotatable bonds is 8. The van der Waals surface area contributed by atoms with Gasteiger partial charge in [-0.1, -0.05) is 30.3 Å². The predicted molar refractivity (Wildman–Crippen MR) is 94.2 cm³/mol. The van der Waals surface area contributed by atoms with Gasteiger partial charge in [-0.15, -0.1) is 0 Å². The molecule has 2 rings (SSSR count). The van der Waals surface area contributed by atoms with E-state index in [0.29, 0.717) is 19.6 Å². The summed E-state index contributed by atoms with van der Waals surface area (Å²) in [6.45, 7) is 5.43. The van der Waals surface area contributed by atoms with Crippen LogP contribution in [0.1, 0.15) is 23.6 Å². The number of hydrogen-bond acceptors (Lipinski definition) is 4. The minimum absolute atomic E-state index is 0.00960. The Morgan fingerprint density at radius 3 is 2.75 bits per heavy atom. The highest BCUT2D eigenvalue weighted by Crippen LogP contribution is 2.09. The number of aryl methyl sites for hydroxylation is 1. The second kappa shape index (κ2) is 9.15. The zero-order valence-corrected chi connectivity index (χ0v) is 14.3. The highest BCUT2D eigenvalue weighted by Gasteiger charge is 2.21. The molecule has 1 aromatic heterocycles. The van der Waals surface area contributed by atoms with Crippen LogP contribution < -0.4 is 5.32 Å². The van der Waals surface area contributed by atoms with E-state index < -0.39 is 0 Å². The molecule has 1 aromatic carbocycles. The minimum atomic E-state index is -0.332. The molecule has 5 heteroatoms. The van der Waals surface area contributed by atoms with Crippen LogP contribution in [0.3, 0.4) is 0 Å². The zero-order valence-electron chi connectivity index (χ0n) is 14.3. The molecule has 2 N–H and O–H groups in total. The Bertz CT molecular complexity index is 646. The van der Waals surface area contributed by atoms with Gasteiger partial charge in [0.15, 0.2) is 0 Å². The van der Waals surface area contributed by atoms with Crippen LogP contribution in [-0.4, -0.2) is 40.1 Å². The van der Waals surface area contributed by atoms with Crippen molar-refractivity contribution >= 4 is 5.91 Å². The van der Waals surface area contributed by atoms with Gasteiger partial charge in [0.05, 0.1) is 12.6 Å². The number of carbonyl (C=O) groups excluding carboxylic acids is 1. The Balaban J connectivity index is 1.96. The van der Waals surface area contributed by atoms with Crippen LogP contribution in [0.25, 0.3) is 0 Å². The van der Waals surface area contributed by atoms with Gasteiger partial charge < -0.3 is 10.4 Å². The van der Waals surface area contributed by atoms with Crippen LogP contribution in [0.15, 0.2) is 48.8 Å². The molecule has 2 aromatic rings. The van der Waals surface area contributed by atoms with Gasteiger partial charge in [-0.2, -0.15) is 0 Å². The van der Waals surface area contributed by atoms with Crippen LogP contribution >= 0.6 is 0 Å². The Morgan fingerprint density at radius 1 is 1.29 bits per heavy atom. The molecule has 0 aliphatic rings. The fourth-order valence-electron chi connectivity index (χ4n) is 2.57. The summed E-state index contributed by atoms with van der Waals surface area (Å²) in [6.07, 6.45) is 3.50. The standard InChI is InChI=1S/C19H25N3O2/c1-15-6-3-4-8-18(15)13-21-19(24)16(2)22(10-11-23)14-17-7-5-9-20-12-17/h3-9,12,16,23H,10-11,13-14H2,1-2H3,(H,21,24). The number of hydrogen-bond donors (Lipinski definition) is 2. The number of nitrogens with one attached hydrogen (secondary N) is 1. The summed E-state index contributed by atoms with van der Waals surface area (Å²) in [5.74, 6) is -0.0457. The lowest BCUT2D eigenvalue weighted by molar-refractivity contribution is -0.126. The fourth-order valence-corrected chi connectivity index (χ4v) is 2.57. The molecule has 0 spiro atoms. The first-order chi connectivity index (χ1) is 11.6. The van der Waals surface area contributed by atoms with Crippen LogP contribution in [-0.2, 0) is 17.9 Å². The average Bonchev–Trinajstić information content (AvgIpc) is 2.60. The molecule has 0 aliphatic heterocycles. The van der Waals surface area contributed by atoms with Crippen molar-refractivity contribution in [2.45, 2.75) is 33.0 Å². The molecule has 1 amide bonds. The van der Waals surface area contributed by atoms with Crippen molar-refractivity contribution in [3.8, 4) is 0 Å². The van der Waals surface area contributed by atoms with Gasteiger partial charge in [0.1, 0.15) is 0 Å². The van der Waals surface area contributed by atoms with Crippen LogP contribution in [0.5, 0.6) is 0 Å². The van der Waals surface area contributed by atoms with Gasteiger partial charge in [-0.3, -0.25) is 14.7 Å². The highest BCUT2D eigenvalue weighted by molar-refractivity contribution is 5.81. The van der Waals surface area contributed by atoms with Gasteiger partial charge in [0.25, 0.3) is 0 Å². The quantitative estimate of drug-likeness (QED) is 0.777. The van der Waals surface area contributed by atoms with Crippen molar-refractivity contribution < 1.29 is 9.90 Å². The van der Waals surface area contributed by atoms with E-state index in [1.807, 2.05) is 55.1 Å². The fraction of sp³-hybridized carbons (Fsp3) is 0.368. The Labute approximate surface area is 143 Å². The number of aliphatic hydroxyl groups excluding tert-OH is 1. The lowest BCUT2D eigenvalue weighted by Crippen LogP contribution is -2.45. The van der Waals surface area contributed by atoms with E-state index in [2.05, 4.69) is 10.3 Å². The first-order valence-electron chi connectivity index (χ1n) is 8.18. The monoisotopic (exact) mass is 327 g/mol.